The van der Waals surface area contributed by atoms with Crippen LogP contribution in [0.1, 0.15) is 0 Å². The van der Waals surface area contributed by atoms with E-state index in [0.29, 0.717) is 0 Å². The van der Waals surface area contributed by atoms with Gasteiger partial charge in [-0.15, -0.1) is 22.4 Å². The highest BCUT2D eigenvalue weighted by molar-refractivity contribution is 8.67. The summed E-state index contributed by atoms with van der Waals surface area (Å²) in [6.07, 6.45) is 0. The van der Waals surface area contributed by atoms with Crippen molar-refractivity contribution in [1.82, 2.24) is 0 Å². The second-order valence-corrected chi connectivity index (χ2v) is 27.9. The van der Waals surface area contributed by atoms with E-state index in [9.17, 15) is 0 Å². The minimum absolute atomic E-state index is 0.846. The molecule has 0 amide bonds. The van der Waals surface area contributed by atoms with Gasteiger partial charge in [-0.05, 0) is 10.8 Å². The summed E-state index contributed by atoms with van der Waals surface area (Å²) >= 11 is 4.27. The predicted molar refractivity (Wildman–Crippen MR) is 59.3 cm³/mol. The molecule has 0 aromatic carbocycles. The van der Waals surface area contributed by atoms with E-state index < -0.39 is 13.5 Å². The molecule has 0 radical (unpaired) electrons. The monoisotopic (exact) mass is 206 g/mol. The van der Waals surface area contributed by atoms with Crippen molar-refractivity contribution in [1.29, 1.82) is 0 Å². The van der Waals surface area contributed by atoms with E-state index >= 15 is 0 Å². The van der Waals surface area contributed by atoms with Gasteiger partial charge in [0.1, 0.15) is 0 Å². The number of hydrogen-bond acceptors (Lipinski definition) is 2. The highest BCUT2D eigenvalue weighted by atomic mass is 32.6. The van der Waals surface area contributed by atoms with Crippen molar-refractivity contribution in [3.63, 3.8) is 0 Å². The van der Waals surface area contributed by atoms with Gasteiger partial charge in [-0.2, -0.15) is 0 Å². The standard InChI is InChI=1S/C6H14S2Si2/c1-9(2,3)10(4)7-5-6-8-10/h5-6H,1-4H3. The SMILES string of the molecule is C[Si](C)(C)[Si]1(C)SC=CS1. The second-order valence-electron chi connectivity index (χ2n) is 3.70. The van der Waals surface area contributed by atoms with Crippen molar-refractivity contribution in [2.45, 2.75) is 26.2 Å². The lowest BCUT2D eigenvalue weighted by Gasteiger charge is -2.32. The fraction of sp³-hybridized carbons (Fsp3) is 0.667. The summed E-state index contributed by atoms with van der Waals surface area (Å²) in [4.78, 5) is 0. The zero-order chi connectivity index (χ0) is 7.83. The zero-order valence-corrected chi connectivity index (χ0v) is 10.6. The first-order valence-corrected chi connectivity index (χ1v) is 13.7. The first-order chi connectivity index (χ1) is 4.46. The molecule has 0 aromatic rings. The normalized spacial score (nSPS) is 23.6. The van der Waals surface area contributed by atoms with Crippen LogP contribution in [0.4, 0.5) is 0 Å². The molecule has 0 aromatic heterocycles. The Balaban J connectivity index is 2.71. The molecule has 0 fully saturated rings. The molecule has 1 aliphatic heterocycles. The van der Waals surface area contributed by atoms with Gasteiger partial charge < -0.3 is 0 Å². The summed E-state index contributed by atoms with van der Waals surface area (Å²) in [5.41, 5.74) is 0. The molecule has 4 heteroatoms. The summed E-state index contributed by atoms with van der Waals surface area (Å²) < 4.78 is 0. The molecule has 1 aliphatic rings. The number of hydrogen-bond donors (Lipinski definition) is 0. The Morgan fingerprint density at radius 3 is 1.70 bits per heavy atom. The van der Waals surface area contributed by atoms with Crippen molar-refractivity contribution in [3.8, 4) is 0 Å². The van der Waals surface area contributed by atoms with Crippen LogP contribution in [0.25, 0.3) is 0 Å². The Bertz CT molecular complexity index is 152. The van der Waals surface area contributed by atoms with Crippen LogP contribution in [-0.2, 0) is 0 Å². The largest absolute Gasteiger partial charge is 0.173 e. The molecule has 0 spiro atoms. The van der Waals surface area contributed by atoms with Crippen LogP contribution in [0.2, 0.25) is 26.2 Å². The van der Waals surface area contributed by atoms with E-state index in [1.165, 1.54) is 0 Å². The van der Waals surface area contributed by atoms with Gasteiger partial charge in [-0.3, -0.25) is 0 Å². The molecule has 0 nitrogen and oxygen atoms in total. The Morgan fingerprint density at radius 2 is 1.50 bits per heavy atom. The minimum Gasteiger partial charge on any atom is -0.148 e. The molecule has 1 rings (SSSR count). The Kier molecular flexibility index (Phi) is 2.45. The van der Waals surface area contributed by atoms with E-state index in [1.807, 2.05) is 0 Å². The smallest absolute Gasteiger partial charge is 0.148 e. The quantitative estimate of drug-likeness (QED) is 0.603. The van der Waals surface area contributed by atoms with Crippen molar-refractivity contribution < 1.29 is 0 Å². The third-order valence-electron chi connectivity index (χ3n) is 2.00. The van der Waals surface area contributed by atoms with Crippen molar-refractivity contribution in [2.75, 3.05) is 0 Å². The van der Waals surface area contributed by atoms with Gasteiger partial charge >= 0.3 is 0 Å². The summed E-state index contributed by atoms with van der Waals surface area (Å²) in [5, 5.41) is 4.57. The maximum absolute atomic E-state index is 2.51. The molecule has 0 saturated carbocycles. The molecule has 58 valence electrons. The molecular formula is C6H14S2Si2. The molecule has 1 heterocycles. The molecule has 0 saturated heterocycles. The summed E-state index contributed by atoms with van der Waals surface area (Å²) in [5.74, 6) is -0.927. The lowest BCUT2D eigenvalue weighted by molar-refractivity contribution is 1.84. The summed E-state index contributed by atoms with van der Waals surface area (Å²) in [7, 11) is -0.846. The molecule has 10 heavy (non-hydrogen) atoms. The molecule has 0 unspecified atom stereocenters. The fourth-order valence-electron chi connectivity index (χ4n) is 0.697. The van der Waals surface area contributed by atoms with Crippen LogP contribution in [0.15, 0.2) is 10.8 Å². The Hall–Kier alpha value is 0.874. The van der Waals surface area contributed by atoms with Crippen LogP contribution in [0.3, 0.4) is 0 Å². The first kappa shape index (κ1) is 8.97. The molecule has 0 atom stereocenters. The second kappa shape index (κ2) is 2.73. The number of rotatable bonds is 1. The summed E-state index contributed by atoms with van der Waals surface area (Å²) in [6.45, 7) is 9.99. The van der Waals surface area contributed by atoms with Gasteiger partial charge in [0, 0.05) is 0 Å². The van der Waals surface area contributed by atoms with Gasteiger partial charge in [-0.25, -0.2) is 0 Å². The third-order valence-corrected chi connectivity index (χ3v) is 32.9. The van der Waals surface area contributed by atoms with E-state index in [2.05, 4.69) is 59.4 Å². The maximum atomic E-state index is 2.51. The van der Waals surface area contributed by atoms with E-state index in [0.717, 1.165) is 0 Å². The van der Waals surface area contributed by atoms with Crippen molar-refractivity contribution >= 4 is 35.9 Å². The van der Waals surface area contributed by atoms with Crippen molar-refractivity contribution in [2.24, 2.45) is 0 Å². The molecule has 0 bridgehead atoms. The van der Waals surface area contributed by atoms with E-state index in [4.69, 9.17) is 0 Å². The van der Waals surface area contributed by atoms with Gasteiger partial charge in [-0.1, -0.05) is 26.2 Å². The Morgan fingerprint density at radius 1 is 1.10 bits per heavy atom. The highest BCUT2D eigenvalue weighted by Crippen LogP contribution is 2.45. The maximum Gasteiger partial charge on any atom is 0.173 e. The van der Waals surface area contributed by atoms with Crippen molar-refractivity contribution in [3.05, 3.63) is 10.8 Å². The average molecular weight is 206 g/mol. The molecule has 0 N–H and O–H groups in total. The first-order valence-electron chi connectivity index (χ1n) is 3.46. The summed E-state index contributed by atoms with van der Waals surface area (Å²) in [6, 6.07) is 0. The van der Waals surface area contributed by atoms with Gasteiger partial charge in [0.05, 0.1) is 7.59 Å². The topological polar surface area (TPSA) is 0 Å². The third kappa shape index (κ3) is 1.54. The lowest BCUT2D eigenvalue weighted by atomic mass is 11.3. The zero-order valence-electron chi connectivity index (χ0n) is 6.97. The van der Waals surface area contributed by atoms with Gasteiger partial charge in [0.25, 0.3) is 0 Å². The molecular weight excluding hydrogens is 192 g/mol. The highest BCUT2D eigenvalue weighted by Gasteiger charge is 2.43. The fourth-order valence-corrected chi connectivity index (χ4v) is 16.4. The van der Waals surface area contributed by atoms with Gasteiger partial charge in [0.2, 0.25) is 0 Å². The van der Waals surface area contributed by atoms with Crippen LogP contribution < -0.4 is 0 Å². The van der Waals surface area contributed by atoms with Crippen LogP contribution >= 0.6 is 22.4 Å². The molecule has 0 aliphatic carbocycles. The minimum atomic E-state index is -0.927. The lowest BCUT2D eigenvalue weighted by Crippen LogP contribution is -2.48. The Labute approximate surface area is 73.0 Å². The van der Waals surface area contributed by atoms with E-state index in [-0.39, 0.29) is 0 Å². The van der Waals surface area contributed by atoms with Crippen LogP contribution in [0.5, 0.6) is 0 Å². The predicted octanol–water partition coefficient (Wildman–Crippen LogP) is 3.43. The van der Waals surface area contributed by atoms with Crippen LogP contribution in [-0.4, -0.2) is 13.5 Å². The van der Waals surface area contributed by atoms with E-state index in [1.54, 1.807) is 0 Å². The average Bonchev–Trinajstić information content (AvgIpc) is 2.13. The van der Waals surface area contributed by atoms with Crippen LogP contribution in [0, 0.1) is 0 Å². The van der Waals surface area contributed by atoms with Gasteiger partial charge in [0.15, 0.2) is 5.89 Å².